The van der Waals surface area contributed by atoms with Gasteiger partial charge in [-0.15, -0.1) is 0 Å². The van der Waals surface area contributed by atoms with Gasteiger partial charge in [-0.3, -0.25) is 0 Å². The fourth-order valence-corrected chi connectivity index (χ4v) is 2.50. The highest BCUT2D eigenvalue weighted by molar-refractivity contribution is 5.68. The van der Waals surface area contributed by atoms with Crippen molar-refractivity contribution in [3.63, 3.8) is 0 Å². The number of rotatable bonds is 3. The Bertz CT molecular complexity index is 557. The van der Waals surface area contributed by atoms with Crippen LogP contribution in [0.3, 0.4) is 0 Å². The SMILES string of the molecule is CC(C)(C)OC(=O)N1CCCC(COc2cccc(F)c2F)C1. The minimum atomic E-state index is -0.979. The van der Waals surface area contributed by atoms with Crippen LogP contribution in [-0.4, -0.2) is 36.3 Å². The van der Waals surface area contributed by atoms with E-state index in [9.17, 15) is 13.6 Å². The number of nitrogens with zero attached hydrogens (tertiary/aromatic N) is 1. The second-order valence-corrected chi connectivity index (χ2v) is 6.80. The molecule has 1 aromatic rings. The summed E-state index contributed by atoms with van der Waals surface area (Å²) in [5, 5.41) is 0. The van der Waals surface area contributed by atoms with Gasteiger partial charge in [-0.05, 0) is 45.7 Å². The lowest BCUT2D eigenvalue weighted by Gasteiger charge is -2.34. The zero-order chi connectivity index (χ0) is 17.0. The van der Waals surface area contributed by atoms with Crippen LogP contribution in [0.5, 0.6) is 5.75 Å². The molecule has 1 fully saturated rings. The van der Waals surface area contributed by atoms with Gasteiger partial charge < -0.3 is 14.4 Å². The van der Waals surface area contributed by atoms with Crippen molar-refractivity contribution < 1.29 is 23.0 Å². The number of ether oxygens (including phenoxy) is 2. The zero-order valence-corrected chi connectivity index (χ0v) is 13.8. The molecule has 4 nitrogen and oxygen atoms in total. The summed E-state index contributed by atoms with van der Waals surface area (Å²) >= 11 is 0. The number of amides is 1. The Morgan fingerprint density at radius 2 is 2.09 bits per heavy atom. The topological polar surface area (TPSA) is 38.8 Å². The number of halogens is 2. The van der Waals surface area contributed by atoms with Crippen molar-refractivity contribution >= 4 is 6.09 Å². The molecule has 1 heterocycles. The molecule has 23 heavy (non-hydrogen) atoms. The summed E-state index contributed by atoms with van der Waals surface area (Å²) in [6, 6.07) is 3.85. The quantitative estimate of drug-likeness (QED) is 0.842. The first-order chi connectivity index (χ1) is 10.8. The summed E-state index contributed by atoms with van der Waals surface area (Å²) in [6.45, 7) is 6.83. The number of hydrogen-bond acceptors (Lipinski definition) is 3. The summed E-state index contributed by atoms with van der Waals surface area (Å²) in [6.07, 6.45) is 1.36. The molecule has 6 heteroatoms. The molecule has 0 N–H and O–H groups in total. The van der Waals surface area contributed by atoms with E-state index in [4.69, 9.17) is 9.47 Å². The van der Waals surface area contributed by atoms with E-state index < -0.39 is 17.2 Å². The second kappa shape index (κ2) is 7.15. The number of carbonyl (C=O) groups excluding carboxylic acids is 1. The lowest BCUT2D eigenvalue weighted by Crippen LogP contribution is -2.44. The second-order valence-electron chi connectivity index (χ2n) is 6.80. The highest BCUT2D eigenvalue weighted by atomic mass is 19.2. The Hall–Kier alpha value is -1.85. The van der Waals surface area contributed by atoms with Crippen molar-refractivity contribution in [1.82, 2.24) is 4.90 Å². The van der Waals surface area contributed by atoms with Gasteiger partial charge in [0.25, 0.3) is 0 Å². The monoisotopic (exact) mass is 327 g/mol. The van der Waals surface area contributed by atoms with Gasteiger partial charge in [0.2, 0.25) is 5.82 Å². The van der Waals surface area contributed by atoms with E-state index in [0.717, 1.165) is 18.9 Å². The lowest BCUT2D eigenvalue weighted by molar-refractivity contribution is 0.0138. The van der Waals surface area contributed by atoms with Crippen LogP contribution in [0, 0.1) is 17.6 Å². The van der Waals surface area contributed by atoms with Crippen LogP contribution in [0.15, 0.2) is 18.2 Å². The standard InChI is InChI=1S/C17H23F2NO3/c1-17(2,3)23-16(21)20-9-5-6-12(10-20)11-22-14-8-4-7-13(18)15(14)19/h4,7-8,12H,5-6,9-11H2,1-3H3. The van der Waals surface area contributed by atoms with Gasteiger partial charge in [0.1, 0.15) is 5.60 Å². The van der Waals surface area contributed by atoms with Gasteiger partial charge in [-0.2, -0.15) is 4.39 Å². The number of carbonyl (C=O) groups is 1. The minimum Gasteiger partial charge on any atom is -0.490 e. The molecule has 128 valence electrons. The van der Waals surface area contributed by atoms with E-state index in [1.54, 1.807) is 4.90 Å². The van der Waals surface area contributed by atoms with E-state index in [1.165, 1.54) is 12.1 Å². The number of hydrogen-bond donors (Lipinski definition) is 0. The van der Waals surface area contributed by atoms with Gasteiger partial charge in [0.05, 0.1) is 6.61 Å². The summed E-state index contributed by atoms with van der Waals surface area (Å²) in [5.74, 6) is -1.94. The Labute approximate surface area is 135 Å². The van der Waals surface area contributed by atoms with E-state index in [1.807, 2.05) is 20.8 Å². The predicted octanol–water partition coefficient (Wildman–Crippen LogP) is 3.99. The van der Waals surface area contributed by atoms with Crippen molar-refractivity contribution in [1.29, 1.82) is 0 Å². The molecule has 0 bridgehead atoms. The molecule has 1 aliphatic heterocycles. The molecule has 1 aliphatic rings. The van der Waals surface area contributed by atoms with Crippen molar-refractivity contribution in [2.75, 3.05) is 19.7 Å². The van der Waals surface area contributed by atoms with E-state index >= 15 is 0 Å². The van der Waals surface area contributed by atoms with Crippen molar-refractivity contribution in [2.24, 2.45) is 5.92 Å². The molecular formula is C17H23F2NO3. The Balaban J connectivity index is 1.89. The summed E-state index contributed by atoms with van der Waals surface area (Å²) < 4.78 is 37.5. The summed E-state index contributed by atoms with van der Waals surface area (Å²) in [5.41, 5.74) is -0.536. The molecule has 0 aromatic heterocycles. The number of benzene rings is 1. The summed E-state index contributed by atoms with van der Waals surface area (Å²) in [4.78, 5) is 13.7. The molecule has 1 atom stereocenters. The van der Waals surface area contributed by atoms with E-state index in [2.05, 4.69) is 0 Å². The third-order valence-electron chi connectivity index (χ3n) is 3.56. The molecule has 1 unspecified atom stereocenters. The van der Waals surface area contributed by atoms with Crippen molar-refractivity contribution in [2.45, 2.75) is 39.2 Å². The first kappa shape index (κ1) is 17.5. The van der Waals surface area contributed by atoms with E-state index in [0.29, 0.717) is 13.1 Å². The summed E-state index contributed by atoms with van der Waals surface area (Å²) in [7, 11) is 0. The molecule has 1 aromatic carbocycles. The van der Waals surface area contributed by atoms with E-state index in [-0.39, 0.29) is 24.4 Å². The smallest absolute Gasteiger partial charge is 0.410 e. The van der Waals surface area contributed by atoms with Crippen molar-refractivity contribution in [3.8, 4) is 5.75 Å². The lowest BCUT2D eigenvalue weighted by atomic mass is 9.99. The van der Waals surface area contributed by atoms with Crippen molar-refractivity contribution in [3.05, 3.63) is 29.8 Å². The first-order valence-corrected chi connectivity index (χ1v) is 7.81. The van der Waals surface area contributed by atoms with Gasteiger partial charge in [-0.25, -0.2) is 9.18 Å². The highest BCUT2D eigenvalue weighted by Crippen LogP contribution is 2.23. The Morgan fingerprint density at radius 1 is 1.35 bits per heavy atom. The Morgan fingerprint density at radius 3 is 2.78 bits per heavy atom. The third-order valence-corrected chi connectivity index (χ3v) is 3.56. The average Bonchev–Trinajstić information content (AvgIpc) is 2.47. The van der Waals surface area contributed by atoms with Gasteiger partial charge in [0, 0.05) is 19.0 Å². The molecule has 0 aliphatic carbocycles. The fraction of sp³-hybridized carbons (Fsp3) is 0.588. The van der Waals surface area contributed by atoms with Crippen LogP contribution in [0.2, 0.25) is 0 Å². The van der Waals surface area contributed by atoms with Gasteiger partial charge in [0.15, 0.2) is 11.6 Å². The van der Waals surface area contributed by atoms with Crippen LogP contribution >= 0.6 is 0 Å². The predicted molar refractivity (Wildman–Crippen MR) is 82.4 cm³/mol. The third kappa shape index (κ3) is 5.08. The van der Waals surface area contributed by atoms with Crippen LogP contribution in [0.1, 0.15) is 33.6 Å². The molecule has 0 spiro atoms. The Kier molecular flexibility index (Phi) is 5.44. The average molecular weight is 327 g/mol. The fourth-order valence-electron chi connectivity index (χ4n) is 2.50. The minimum absolute atomic E-state index is 0.0685. The molecule has 0 radical (unpaired) electrons. The van der Waals surface area contributed by atoms with Gasteiger partial charge >= 0.3 is 6.09 Å². The maximum Gasteiger partial charge on any atom is 0.410 e. The van der Waals surface area contributed by atoms with Crippen LogP contribution < -0.4 is 4.74 Å². The molecule has 2 rings (SSSR count). The van der Waals surface area contributed by atoms with Crippen LogP contribution in [0.25, 0.3) is 0 Å². The number of likely N-dealkylation sites (tertiary alicyclic amines) is 1. The number of piperidine rings is 1. The highest BCUT2D eigenvalue weighted by Gasteiger charge is 2.28. The maximum atomic E-state index is 13.6. The molecule has 1 saturated heterocycles. The van der Waals surface area contributed by atoms with Gasteiger partial charge in [-0.1, -0.05) is 6.07 Å². The van der Waals surface area contributed by atoms with Crippen LogP contribution in [-0.2, 0) is 4.74 Å². The van der Waals surface area contributed by atoms with Crippen LogP contribution in [0.4, 0.5) is 13.6 Å². The normalized spacial score (nSPS) is 18.7. The maximum absolute atomic E-state index is 13.6. The largest absolute Gasteiger partial charge is 0.490 e. The molecular weight excluding hydrogens is 304 g/mol. The first-order valence-electron chi connectivity index (χ1n) is 7.81. The molecule has 0 saturated carbocycles. The zero-order valence-electron chi connectivity index (χ0n) is 13.8. The molecule has 1 amide bonds.